The van der Waals surface area contributed by atoms with Crippen LogP contribution in [0.15, 0.2) is 36.4 Å². The number of aryl methyl sites for hydroxylation is 2. The zero-order valence-corrected chi connectivity index (χ0v) is 15.8. The lowest BCUT2D eigenvalue weighted by atomic mass is 10.2. The van der Waals surface area contributed by atoms with Crippen molar-refractivity contribution >= 4 is 11.9 Å². The van der Waals surface area contributed by atoms with E-state index in [0.717, 1.165) is 0 Å². The number of rotatable bonds is 8. The number of carbonyl (C=O) groups is 2. The van der Waals surface area contributed by atoms with Gasteiger partial charge < -0.3 is 25.4 Å². The minimum absolute atomic E-state index is 0.0463. The smallest absolute Gasteiger partial charge is 0.325 e. The van der Waals surface area contributed by atoms with E-state index in [4.69, 9.17) is 15.2 Å². The molecule has 2 rings (SSSR count). The van der Waals surface area contributed by atoms with Gasteiger partial charge in [0, 0.05) is 13.1 Å². The number of phenols is 2. The molecule has 0 unspecified atom stereocenters. The number of carbonyl (C=O) groups excluding carboxylic acids is 2. The van der Waals surface area contributed by atoms with Crippen molar-refractivity contribution in [2.24, 2.45) is 5.73 Å². The van der Waals surface area contributed by atoms with Crippen LogP contribution in [-0.2, 0) is 9.59 Å². The Kier molecular flexibility index (Phi) is 7.36. The van der Waals surface area contributed by atoms with Gasteiger partial charge in [0.25, 0.3) is 0 Å². The van der Waals surface area contributed by atoms with Crippen LogP contribution < -0.4 is 15.2 Å². The fourth-order valence-corrected chi connectivity index (χ4v) is 2.50. The topological polar surface area (TPSA) is 122 Å². The molecule has 0 saturated heterocycles. The Morgan fingerprint density at radius 2 is 1.32 bits per heavy atom. The number of ether oxygens (including phenoxy) is 2. The van der Waals surface area contributed by atoms with Crippen LogP contribution in [0.2, 0.25) is 0 Å². The number of aromatic hydroxyl groups is 2. The second-order valence-electron chi connectivity index (χ2n) is 6.29. The molecule has 0 aliphatic heterocycles. The van der Waals surface area contributed by atoms with Gasteiger partial charge in [-0.2, -0.15) is 0 Å². The van der Waals surface area contributed by atoms with Gasteiger partial charge in [0.1, 0.15) is 0 Å². The summed E-state index contributed by atoms with van der Waals surface area (Å²) < 4.78 is 10.3. The van der Waals surface area contributed by atoms with Gasteiger partial charge in [-0.25, -0.2) is 0 Å². The van der Waals surface area contributed by atoms with E-state index in [1.165, 1.54) is 17.0 Å². The third kappa shape index (κ3) is 5.70. The first kappa shape index (κ1) is 21.2. The van der Waals surface area contributed by atoms with Crippen LogP contribution in [0, 0.1) is 13.8 Å². The van der Waals surface area contributed by atoms with Crippen LogP contribution in [0.5, 0.6) is 23.0 Å². The predicted octanol–water partition coefficient (Wildman–Crippen LogP) is 1.49. The summed E-state index contributed by atoms with van der Waals surface area (Å²) in [5.41, 5.74) is 6.70. The fourth-order valence-electron chi connectivity index (χ4n) is 2.50. The van der Waals surface area contributed by atoms with Gasteiger partial charge in [0.05, 0.1) is 13.1 Å². The molecule has 2 aromatic rings. The number of benzene rings is 2. The van der Waals surface area contributed by atoms with Crippen LogP contribution >= 0.6 is 0 Å². The molecule has 0 bridgehead atoms. The minimum Gasteiger partial charge on any atom is -0.504 e. The molecule has 0 heterocycles. The lowest BCUT2D eigenvalue weighted by molar-refractivity contribution is -0.139. The summed E-state index contributed by atoms with van der Waals surface area (Å²) in [4.78, 5) is 25.8. The van der Waals surface area contributed by atoms with Gasteiger partial charge in [-0.05, 0) is 37.1 Å². The van der Waals surface area contributed by atoms with Gasteiger partial charge in [-0.3, -0.25) is 14.5 Å². The van der Waals surface area contributed by atoms with Crippen molar-refractivity contribution in [1.29, 1.82) is 0 Å². The highest BCUT2D eigenvalue weighted by Crippen LogP contribution is 2.30. The highest BCUT2D eigenvalue weighted by atomic mass is 16.5. The largest absolute Gasteiger partial charge is 0.504 e. The van der Waals surface area contributed by atoms with E-state index < -0.39 is 11.9 Å². The molecule has 8 heteroatoms. The van der Waals surface area contributed by atoms with Crippen molar-refractivity contribution in [2.45, 2.75) is 13.8 Å². The van der Waals surface area contributed by atoms with Crippen molar-refractivity contribution < 1.29 is 29.3 Å². The molecule has 4 N–H and O–H groups in total. The molecular weight excluding hydrogens is 364 g/mol. The van der Waals surface area contributed by atoms with Crippen molar-refractivity contribution in [3.63, 3.8) is 0 Å². The van der Waals surface area contributed by atoms with E-state index in [1.54, 1.807) is 38.1 Å². The van der Waals surface area contributed by atoms with Gasteiger partial charge in [-0.15, -0.1) is 0 Å². The summed E-state index contributed by atoms with van der Waals surface area (Å²) in [7, 11) is 0. The maximum absolute atomic E-state index is 12.2. The number of phenolic OH excluding ortho intramolecular Hbond substituents is 2. The molecular formula is C20H24N2O6. The zero-order valence-electron chi connectivity index (χ0n) is 15.8. The van der Waals surface area contributed by atoms with Gasteiger partial charge >= 0.3 is 11.9 Å². The first-order valence-electron chi connectivity index (χ1n) is 8.72. The Morgan fingerprint density at radius 1 is 0.893 bits per heavy atom. The zero-order chi connectivity index (χ0) is 20.7. The SMILES string of the molecule is Cc1cccc(OC(=O)CN(CCN)CC(=O)Oc2cccc(C)c2O)c1O. The van der Waals surface area contributed by atoms with Crippen molar-refractivity contribution in [2.75, 3.05) is 26.2 Å². The Labute approximate surface area is 163 Å². The van der Waals surface area contributed by atoms with Crippen LogP contribution in [-0.4, -0.2) is 53.2 Å². The number of nitrogens with two attached hydrogens (primary N) is 1. The van der Waals surface area contributed by atoms with Crippen LogP contribution in [0.3, 0.4) is 0 Å². The van der Waals surface area contributed by atoms with Crippen molar-refractivity contribution in [3.05, 3.63) is 47.5 Å². The molecule has 0 fully saturated rings. The van der Waals surface area contributed by atoms with Gasteiger partial charge in [-0.1, -0.05) is 24.3 Å². The minimum atomic E-state index is -0.652. The van der Waals surface area contributed by atoms with Crippen LogP contribution in [0.25, 0.3) is 0 Å². The lowest BCUT2D eigenvalue weighted by Crippen LogP contribution is -2.40. The maximum Gasteiger partial charge on any atom is 0.325 e. The number of hydrogen-bond donors (Lipinski definition) is 3. The summed E-state index contributed by atoms with van der Waals surface area (Å²) in [6.45, 7) is 3.39. The molecule has 0 aromatic heterocycles. The number of nitrogens with zero attached hydrogens (tertiary/aromatic N) is 1. The average molecular weight is 388 g/mol. The van der Waals surface area contributed by atoms with E-state index >= 15 is 0 Å². The second-order valence-corrected chi connectivity index (χ2v) is 6.29. The fraction of sp³-hybridized carbons (Fsp3) is 0.300. The normalized spacial score (nSPS) is 10.7. The quantitative estimate of drug-likeness (QED) is 0.459. The third-order valence-electron chi connectivity index (χ3n) is 4.00. The van der Waals surface area contributed by atoms with E-state index in [1.807, 2.05) is 0 Å². The van der Waals surface area contributed by atoms with E-state index in [2.05, 4.69) is 0 Å². The Morgan fingerprint density at radius 3 is 1.71 bits per heavy atom. The lowest BCUT2D eigenvalue weighted by Gasteiger charge is -2.20. The first-order chi connectivity index (χ1) is 13.3. The summed E-state index contributed by atoms with van der Waals surface area (Å²) in [6.07, 6.45) is 0. The predicted molar refractivity (Wildman–Crippen MR) is 102 cm³/mol. The van der Waals surface area contributed by atoms with Crippen LogP contribution in [0.4, 0.5) is 0 Å². The Hall–Kier alpha value is -3.10. The Bertz CT molecular complexity index is 785. The van der Waals surface area contributed by atoms with Gasteiger partial charge in [0.15, 0.2) is 23.0 Å². The van der Waals surface area contributed by atoms with E-state index in [-0.39, 0.29) is 49.2 Å². The highest BCUT2D eigenvalue weighted by Gasteiger charge is 2.19. The maximum atomic E-state index is 12.2. The monoisotopic (exact) mass is 388 g/mol. The summed E-state index contributed by atoms with van der Waals surface area (Å²) >= 11 is 0. The highest BCUT2D eigenvalue weighted by molar-refractivity contribution is 5.78. The number of para-hydroxylation sites is 2. The molecule has 0 saturated carbocycles. The molecule has 0 spiro atoms. The van der Waals surface area contributed by atoms with Crippen molar-refractivity contribution in [1.82, 2.24) is 4.90 Å². The molecule has 0 radical (unpaired) electrons. The summed E-state index contributed by atoms with van der Waals surface area (Å²) in [5.74, 6) is -1.44. The molecule has 0 aliphatic rings. The molecule has 0 amide bonds. The van der Waals surface area contributed by atoms with E-state index in [9.17, 15) is 19.8 Å². The first-order valence-corrected chi connectivity index (χ1v) is 8.72. The molecule has 2 aromatic carbocycles. The number of esters is 2. The van der Waals surface area contributed by atoms with Crippen LogP contribution in [0.1, 0.15) is 11.1 Å². The van der Waals surface area contributed by atoms with Gasteiger partial charge in [0.2, 0.25) is 0 Å². The summed E-state index contributed by atoms with van der Waals surface area (Å²) in [5, 5.41) is 19.9. The molecule has 28 heavy (non-hydrogen) atoms. The Balaban J connectivity index is 1.98. The standard InChI is InChI=1S/C20H24N2O6/c1-13-5-3-7-15(19(13)25)27-17(23)11-22(10-9-21)12-18(24)28-16-8-4-6-14(2)20(16)26/h3-8,25-26H,9-12,21H2,1-2H3. The third-order valence-corrected chi connectivity index (χ3v) is 4.00. The molecule has 150 valence electrons. The average Bonchev–Trinajstić information content (AvgIpc) is 2.63. The van der Waals surface area contributed by atoms with E-state index in [0.29, 0.717) is 11.1 Å². The number of hydrogen-bond acceptors (Lipinski definition) is 8. The molecule has 8 nitrogen and oxygen atoms in total. The van der Waals surface area contributed by atoms with Crippen molar-refractivity contribution in [3.8, 4) is 23.0 Å². The summed E-state index contributed by atoms with van der Waals surface area (Å²) in [6, 6.07) is 9.63. The second kappa shape index (κ2) is 9.72. The molecule has 0 atom stereocenters. The molecule has 0 aliphatic carbocycles.